The predicted molar refractivity (Wildman–Crippen MR) is 71.1 cm³/mol. The molecule has 17 heavy (non-hydrogen) atoms. The van der Waals surface area contributed by atoms with Crippen molar-refractivity contribution in [2.24, 2.45) is 0 Å². The summed E-state index contributed by atoms with van der Waals surface area (Å²) in [7, 11) is 0. The largest absolute Gasteiger partial charge is 0.451 e. The molecule has 0 atom stereocenters. The van der Waals surface area contributed by atoms with Crippen LogP contribution in [0.5, 0.6) is 0 Å². The molecule has 90 valence electrons. The Balaban J connectivity index is 2.33. The average molecular weight is 296 g/mol. The number of halogens is 1. The quantitative estimate of drug-likeness (QED) is 0.871. The van der Waals surface area contributed by atoms with Crippen molar-refractivity contribution in [1.82, 2.24) is 5.32 Å². The van der Waals surface area contributed by atoms with Crippen LogP contribution < -0.4 is 5.32 Å². The highest BCUT2D eigenvalue weighted by molar-refractivity contribution is 9.10. The highest BCUT2D eigenvalue weighted by atomic mass is 79.9. The molecule has 0 saturated carbocycles. The van der Waals surface area contributed by atoms with Gasteiger partial charge in [0.15, 0.2) is 5.76 Å². The summed E-state index contributed by atoms with van der Waals surface area (Å²) in [5, 5.41) is 3.78. The fourth-order valence-electron chi connectivity index (χ4n) is 1.53. The number of hydrogen-bond acceptors (Lipinski definition) is 2. The summed E-state index contributed by atoms with van der Waals surface area (Å²) < 4.78 is 6.46. The zero-order valence-electron chi connectivity index (χ0n) is 10.0. The first kappa shape index (κ1) is 12.2. The Labute approximate surface area is 108 Å². The summed E-state index contributed by atoms with van der Waals surface area (Å²) in [6.07, 6.45) is 0. The molecule has 4 heteroatoms. The van der Waals surface area contributed by atoms with E-state index in [1.165, 1.54) is 0 Å². The molecule has 1 aromatic heterocycles. The summed E-state index contributed by atoms with van der Waals surface area (Å²) in [4.78, 5) is 11.9. The van der Waals surface area contributed by atoms with Crippen LogP contribution in [0.2, 0.25) is 0 Å². The van der Waals surface area contributed by atoms with Crippen molar-refractivity contribution in [2.75, 3.05) is 0 Å². The summed E-state index contributed by atoms with van der Waals surface area (Å²) in [5.74, 6) is 0.151. The number of carbonyl (C=O) groups excluding carboxylic acids is 1. The molecule has 3 nitrogen and oxygen atoms in total. The smallest absolute Gasteiger partial charge is 0.287 e. The van der Waals surface area contributed by atoms with Crippen LogP contribution in [0.1, 0.15) is 31.3 Å². The van der Waals surface area contributed by atoms with Crippen molar-refractivity contribution in [3.63, 3.8) is 0 Å². The van der Waals surface area contributed by atoms with Crippen molar-refractivity contribution < 1.29 is 9.21 Å². The van der Waals surface area contributed by atoms with E-state index in [9.17, 15) is 4.79 Å². The van der Waals surface area contributed by atoms with Gasteiger partial charge >= 0.3 is 0 Å². The molecule has 0 aliphatic rings. The lowest BCUT2D eigenvalue weighted by molar-refractivity contribution is 0.0893. The van der Waals surface area contributed by atoms with E-state index in [0.29, 0.717) is 11.3 Å². The number of rotatable bonds is 1. The van der Waals surface area contributed by atoms with Crippen LogP contribution in [-0.2, 0) is 0 Å². The normalized spacial score (nSPS) is 11.8. The first-order chi connectivity index (χ1) is 7.85. The second-order valence-corrected chi connectivity index (χ2v) is 5.91. The van der Waals surface area contributed by atoms with Gasteiger partial charge in [0.1, 0.15) is 5.58 Å². The molecule has 0 unspecified atom stereocenters. The number of fused-ring (bicyclic) bond motifs is 1. The van der Waals surface area contributed by atoms with E-state index in [1.807, 2.05) is 39.0 Å². The van der Waals surface area contributed by atoms with Crippen molar-refractivity contribution in [1.29, 1.82) is 0 Å². The Hall–Kier alpha value is -1.29. The van der Waals surface area contributed by atoms with Crippen LogP contribution in [0.25, 0.3) is 11.0 Å². The van der Waals surface area contributed by atoms with Crippen molar-refractivity contribution in [3.05, 3.63) is 34.5 Å². The lowest BCUT2D eigenvalue weighted by Gasteiger charge is -2.19. The summed E-state index contributed by atoms with van der Waals surface area (Å²) in [6.45, 7) is 5.80. The third-order valence-corrected chi connectivity index (χ3v) is 2.68. The molecule has 0 aliphatic heterocycles. The molecule has 0 radical (unpaired) electrons. The molecule has 2 aromatic rings. The van der Waals surface area contributed by atoms with Crippen LogP contribution in [0.4, 0.5) is 0 Å². The molecular formula is C13H14BrNO2. The van der Waals surface area contributed by atoms with Gasteiger partial charge in [-0.05, 0) is 45.0 Å². The van der Waals surface area contributed by atoms with Gasteiger partial charge in [0.25, 0.3) is 5.91 Å². The van der Waals surface area contributed by atoms with E-state index < -0.39 is 0 Å². The highest BCUT2D eigenvalue weighted by Crippen LogP contribution is 2.23. The summed E-state index contributed by atoms with van der Waals surface area (Å²) in [5.41, 5.74) is 0.448. The van der Waals surface area contributed by atoms with E-state index in [4.69, 9.17) is 4.42 Å². The first-order valence-electron chi connectivity index (χ1n) is 5.37. The van der Waals surface area contributed by atoms with Gasteiger partial charge in [-0.3, -0.25) is 4.79 Å². The van der Waals surface area contributed by atoms with Crippen molar-refractivity contribution in [2.45, 2.75) is 26.3 Å². The third kappa shape index (κ3) is 2.88. The van der Waals surface area contributed by atoms with E-state index in [0.717, 1.165) is 9.86 Å². The molecule has 0 bridgehead atoms. The van der Waals surface area contributed by atoms with Gasteiger partial charge in [0, 0.05) is 15.4 Å². The van der Waals surface area contributed by atoms with Crippen LogP contribution >= 0.6 is 15.9 Å². The molecule has 0 spiro atoms. The standard InChI is InChI=1S/C13H14BrNO2/c1-13(2,3)15-12(16)11-7-8-6-9(14)4-5-10(8)17-11/h4-7H,1-3H3,(H,15,16). The highest BCUT2D eigenvalue weighted by Gasteiger charge is 2.18. The van der Waals surface area contributed by atoms with Crippen molar-refractivity contribution in [3.8, 4) is 0 Å². The molecule has 1 aromatic carbocycles. The average Bonchev–Trinajstić information content (AvgIpc) is 2.57. The lowest BCUT2D eigenvalue weighted by atomic mass is 10.1. The number of carbonyl (C=O) groups is 1. The minimum absolute atomic E-state index is 0.190. The van der Waals surface area contributed by atoms with Gasteiger partial charge in [-0.1, -0.05) is 15.9 Å². The molecule has 1 heterocycles. The first-order valence-corrected chi connectivity index (χ1v) is 6.16. The van der Waals surface area contributed by atoms with Crippen molar-refractivity contribution >= 4 is 32.8 Å². The Morgan fingerprint density at radius 2 is 2.00 bits per heavy atom. The minimum Gasteiger partial charge on any atom is -0.451 e. The maximum Gasteiger partial charge on any atom is 0.287 e. The minimum atomic E-state index is -0.267. The number of furan rings is 1. The monoisotopic (exact) mass is 295 g/mol. The Morgan fingerprint density at radius 1 is 1.29 bits per heavy atom. The number of benzene rings is 1. The fourth-order valence-corrected chi connectivity index (χ4v) is 1.91. The summed E-state index contributed by atoms with van der Waals surface area (Å²) in [6, 6.07) is 7.40. The van der Waals surface area contributed by atoms with Crippen LogP contribution in [0, 0.1) is 0 Å². The number of hydrogen-bond donors (Lipinski definition) is 1. The number of amides is 1. The van der Waals surface area contributed by atoms with Crippen LogP contribution in [0.15, 0.2) is 33.2 Å². The van der Waals surface area contributed by atoms with Gasteiger partial charge in [0.2, 0.25) is 0 Å². The second kappa shape index (κ2) is 4.18. The molecule has 0 fully saturated rings. The third-order valence-electron chi connectivity index (χ3n) is 2.19. The maximum absolute atomic E-state index is 11.9. The van der Waals surface area contributed by atoms with E-state index in [1.54, 1.807) is 6.07 Å². The summed E-state index contributed by atoms with van der Waals surface area (Å²) >= 11 is 3.39. The fraction of sp³-hybridized carbons (Fsp3) is 0.308. The Kier molecular flexibility index (Phi) is 3.00. The zero-order valence-corrected chi connectivity index (χ0v) is 11.6. The SMILES string of the molecule is CC(C)(C)NC(=O)c1cc2cc(Br)ccc2o1. The molecule has 1 amide bonds. The van der Waals surface area contributed by atoms with Gasteiger partial charge in [0.05, 0.1) is 0 Å². The molecule has 2 rings (SSSR count). The topological polar surface area (TPSA) is 42.2 Å². The molecule has 0 aliphatic carbocycles. The lowest BCUT2D eigenvalue weighted by Crippen LogP contribution is -2.40. The van der Waals surface area contributed by atoms with E-state index in [2.05, 4.69) is 21.2 Å². The molecule has 1 N–H and O–H groups in total. The molecular weight excluding hydrogens is 282 g/mol. The van der Waals surface area contributed by atoms with Gasteiger partial charge in [-0.2, -0.15) is 0 Å². The Morgan fingerprint density at radius 3 is 2.65 bits per heavy atom. The maximum atomic E-state index is 11.9. The zero-order chi connectivity index (χ0) is 12.6. The second-order valence-electron chi connectivity index (χ2n) is 5.00. The van der Waals surface area contributed by atoms with Crippen LogP contribution in [0.3, 0.4) is 0 Å². The van der Waals surface area contributed by atoms with Gasteiger partial charge in [-0.25, -0.2) is 0 Å². The van der Waals surface area contributed by atoms with Gasteiger partial charge < -0.3 is 9.73 Å². The van der Waals surface area contributed by atoms with Gasteiger partial charge in [-0.15, -0.1) is 0 Å². The van der Waals surface area contributed by atoms with E-state index in [-0.39, 0.29) is 11.4 Å². The van der Waals surface area contributed by atoms with E-state index >= 15 is 0 Å². The van der Waals surface area contributed by atoms with Crippen LogP contribution in [-0.4, -0.2) is 11.4 Å². The predicted octanol–water partition coefficient (Wildman–Crippen LogP) is 3.72. The number of nitrogens with one attached hydrogen (secondary N) is 1. The Bertz CT molecular complexity index is 566. The molecule has 0 saturated heterocycles.